The molecule has 0 spiro atoms. The summed E-state index contributed by atoms with van der Waals surface area (Å²) in [5.41, 5.74) is 5.54. The molecule has 0 bridgehead atoms. The lowest BCUT2D eigenvalue weighted by Gasteiger charge is -2.37. The standard InChI is InChI=1S/C39H48N2O/c1-5-16-34(17-6-1)32-42-31-14-13-27-40-33-39(37-20-9-3-10-21-37,38-22-11-4-12-23-38)26-15-28-41-29-24-36(25-30-41)35-18-7-2-8-19-35/h1-12,16-23,36,40H,13-15,24-33H2. The van der Waals surface area contributed by atoms with Gasteiger partial charge in [-0.2, -0.15) is 0 Å². The Hall–Kier alpha value is -3.24. The third kappa shape index (κ3) is 8.64. The van der Waals surface area contributed by atoms with Crippen molar-refractivity contribution in [3.05, 3.63) is 144 Å². The third-order valence-corrected chi connectivity index (χ3v) is 9.02. The number of benzene rings is 4. The van der Waals surface area contributed by atoms with Crippen LogP contribution in [-0.2, 0) is 16.8 Å². The molecule has 42 heavy (non-hydrogen) atoms. The number of likely N-dealkylation sites (tertiary alicyclic amines) is 1. The van der Waals surface area contributed by atoms with Gasteiger partial charge in [-0.05, 0) is 92.9 Å². The maximum absolute atomic E-state index is 5.92. The lowest BCUT2D eigenvalue weighted by atomic mass is 9.71. The maximum atomic E-state index is 5.92. The number of rotatable bonds is 16. The quantitative estimate of drug-likeness (QED) is 0.140. The van der Waals surface area contributed by atoms with Gasteiger partial charge in [-0.25, -0.2) is 0 Å². The van der Waals surface area contributed by atoms with Crippen molar-refractivity contribution in [2.75, 3.05) is 39.3 Å². The van der Waals surface area contributed by atoms with Gasteiger partial charge in [-0.3, -0.25) is 0 Å². The van der Waals surface area contributed by atoms with E-state index in [1.807, 2.05) is 0 Å². The van der Waals surface area contributed by atoms with Gasteiger partial charge >= 0.3 is 0 Å². The smallest absolute Gasteiger partial charge is 0.0716 e. The molecule has 5 rings (SSSR count). The van der Waals surface area contributed by atoms with Gasteiger partial charge in [0, 0.05) is 18.6 Å². The van der Waals surface area contributed by atoms with Crippen LogP contribution in [0.15, 0.2) is 121 Å². The van der Waals surface area contributed by atoms with Crippen molar-refractivity contribution in [3.63, 3.8) is 0 Å². The molecule has 0 unspecified atom stereocenters. The van der Waals surface area contributed by atoms with E-state index in [0.29, 0.717) is 12.5 Å². The van der Waals surface area contributed by atoms with Crippen molar-refractivity contribution in [2.24, 2.45) is 0 Å². The molecule has 1 heterocycles. The summed E-state index contributed by atoms with van der Waals surface area (Å²) in [4.78, 5) is 2.70. The van der Waals surface area contributed by atoms with E-state index >= 15 is 0 Å². The summed E-state index contributed by atoms with van der Waals surface area (Å²) in [6, 6.07) is 43.9. The first-order chi connectivity index (χ1) is 20.8. The lowest BCUT2D eigenvalue weighted by Crippen LogP contribution is -2.41. The van der Waals surface area contributed by atoms with Crippen LogP contribution in [0.25, 0.3) is 0 Å². The van der Waals surface area contributed by atoms with Crippen LogP contribution in [-0.4, -0.2) is 44.2 Å². The average molecular weight is 561 g/mol. The molecule has 1 aliphatic rings. The number of nitrogens with one attached hydrogen (secondary N) is 1. The minimum absolute atomic E-state index is 0.0469. The zero-order chi connectivity index (χ0) is 28.7. The Bertz CT molecular complexity index is 1220. The molecule has 3 heteroatoms. The molecular formula is C39H48N2O. The molecular weight excluding hydrogens is 512 g/mol. The second kappa shape index (κ2) is 16.4. The van der Waals surface area contributed by atoms with Crippen LogP contribution in [0.2, 0.25) is 0 Å². The van der Waals surface area contributed by atoms with E-state index < -0.39 is 0 Å². The van der Waals surface area contributed by atoms with Gasteiger partial charge in [0.1, 0.15) is 0 Å². The number of piperidine rings is 1. The molecule has 1 aliphatic heterocycles. The Labute approximate surface area is 253 Å². The van der Waals surface area contributed by atoms with Crippen LogP contribution in [0.4, 0.5) is 0 Å². The molecule has 4 aromatic rings. The zero-order valence-corrected chi connectivity index (χ0v) is 25.2. The average Bonchev–Trinajstić information content (AvgIpc) is 3.07. The van der Waals surface area contributed by atoms with Gasteiger partial charge in [0.2, 0.25) is 0 Å². The van der Waals surface area contributed by atoms with Crippen molar-refractivity contribution in [2.45, 2.75) is 56.5 Å². The fourth-order valence-electron chi connectivity index (χ4n) is 6.60. The van der Waals surface area contributed by atoms with Crippen molar-refractivity contribution in [1.82, 2.24) is 10.2 Å². The Morgan fingerprint density at radius 2 is 1.24 bits per heavy atom. The minimum Gasteiger partial charge on any atom is -0.377 e. The Balaban J connectivity index is 1.15. The molecule has 0 atom stereocenters. The summed E-state index contributed by atoms with van der Waals surface area (Å²) in [6.07, 6.45) is 7.04. The molecule has 0 aliphatic carbocycles. The minimum atomic E-state index is -0.0469. The first-order valence-electron chi connectivity index (χ1n) is 16.0. The van der Waals surface area contributed by atoms with E-state index in [1.54, 1.807) is 0 Å². The maximum Gasteiger partial charge on any atom is 0.0716 e. The van der Waals surface area contributed by atoms with Crippen LogP contribution >= 0.6 is 0 Å². The summed E-state index contributed by atoms with van der Waals surface area (Å²) in [7, 11) is 0. The van der Waals surface area contributed by atoms with E-state index in [2.05, 4.69) is 132 Å². The Morgan fingerprint density at radius 3 is 1.86 bits per heavy atom. The summed E-state index contributed by atoms with van der Waals surface area (Å²) in [5, 5.41) is 3.88. The van der Waals surface area contributed by atoms with E-state index in [1.165, 1.54) is 61.2 Å². The summed E-state index contributed by atoms with van der Waals surface area (Å²) in [5.74, 6) is 0.711. The number of unbranched alkanes of at least 4 members (excludes halogenated alkanes) is 1. The summed E-state index contributed by atoms with van der Waals surface area (Å²) in [6.45, 7) is 7.03. The van der Waals surface area contributed by atoms with Gasteiger partial charge in [0.25, 0.3) is 0 Å². The summed E-state index contributed by atoms with van der Waals surface area (Å²) >= 11 is 0. The molecule has 1 fully saturated rings. The highest BCUT2D eigenvalue weighted by atomic mass is 16.5. The molecule has 4 aromatic carbocycles. The van der Waals surface area contributed by atoms with Gasteiger partial charge in [0.05, 0.1) is 6.61 Å². The van der Waals surface area contributed by atoms with Crippen LogP contribution in [0.3, 0.4) is 0 Å². The monoisotopic (exact) mass is 560 g/mol. The number of hydrogen-bond acceptors (Lipinski definition) is 3. The highest BCUT2D eigenvalue weighted by Crippen LogP contribution is 2.37. The zero-order valence-electron chi connectivity index (χ0n) is 25.2. The molecule has 1 saturated heterocycles. The van der Waals surface area contributed by atoms with E-state index in [-0.39, 0.29) is 5.41 Å². The molecule has 0 amide bonds. The van der Waals surface area contributed by atoms with Crippen LogP contribution in [0.1, 0.15) is 66.7 Å². The Kier molecular flexibility index (Phi) is 11.8. The number of ether oxygens (including phenoxy) is 1. The number of hydrogen-bond donors (Lipinski definition) is 1. The second-order valence-corrected chi connectivity index (χ2v) is 11.9. The van der Waals surface area contributed by atoms with Gasteiger partial charge in [0.15, 0.2) is 0 Å². The second-order valence-electron chi connectivity index (χ2n) is 11.9. The molecule has 3 nitrogen and oxygen atoms in total. The van der Waals surface area contributed by atoms with Gasteiger partial charge < -0.3 is 15.0 Å². The SMILES string of the molecule is c1ccc(COCCCCNCC(CCCN2CCC(c3ccccc3)CC2)(c2ccccc2)c2ccccc2)cc1. The van der Waals surface area contributed by atoms with E-state index in [4.69, 9.17) is 4.74 Å². The normalized spacial score (nSPS) is 14.7. The molecule has 0 saturated carbocycles. The summed E-state index contributed by atoms with van der Waals surface area (Å²) < 4.78 is 5.92. The first kappa shape index (κ1) is 30.2. The van der Waals surface area contributed by atoms with Crippen molar-refractivity contribution < 1.29 is 4.74 Å². The van der Waals surface area contributed by atoms with Crippen LogP contribution in [0, 0.1) is 0 Å². The fraction of sp³-hybridized carbons (Fsp3) is 0.385. The van der Waals surface area contributed by atoms with Crippen molar-refractivity contribution >= 4 is 0 Å². The molecule has 220 valence electrons. The highest BCUT2D eigenvalue weighted by molar-refractivity contribution is 5.40. The predicted molar refractivity (Wildman–Crippen MR) is 176 cm³/mol. The lowest BCUT2D eigenvalue weighted by molar-refractivity contribution is 0.117. The van der Waals surface area contributed by atoms with Crippen LogP contribution in [0.5, 0.6) is 0 Å². The predicted octanol–water partition coefficient (Wildman–Crippen LogP) is 8.22. The van der Waals surface area contributed by atoms with Crippen molar-refractivity contribution in [1.29, 1.82) is 0 Å². The molecule has 0 radical (unpaired) electrons. The van der Waals surface area contributed by atoms with E-state index in [0.717, 1.165) is 39.0 Å². The van der Waals surface area contributed by atoms with Gasteiger partial charge in [-0.15, -0.1) is 0 Å². The van der Waals surface area contributed by atoms with Crippen molar-refractivity contribution in [3.8, 4) is 0 Å². The number of nitrogens with zero attached hydrogens (tertiary/aromatic N) is 1. The van der Waals surface area contributed by atoms with E-state index in [9.17, 15) is 0 Å². The van der Waals surface area contributed by atoms with Crippen LogP contribution < -0.4 is 5.32 Å². The first-order valence-corrected chi connectivity index (χ1v) is 16.0. The molecule has 0 aromatic heterocycles. The fourth-order valence-corrected chi connectivity index (χ4v) is 6.60. The highest BCUT2D eigenvalue weighted by Gasteiger charge is 2.33. The van der Waals surface area contributed by atoms with Gasteiger partial charge in [-0.1, -0.05) is 121 Å². The Morgan fingerprint density at radius 1 is 0.667 bits per heavy atom. The topological polar surface area (TPSA) is 24.5 Å². The third-order valence-electron chi connectivity index (χ3n) is 9.02. The largest absolute Gasteiger partial charge is 0.377 e. The molecule has 1 N–H and O–H groups in total.